The molecule has 2 aromatic heterocycles. The highest BCUT2D eigenvalue weighted by atomic mass is 19.4. The SMILES string of the molecule is CCOC(=O)c1c2n(c3cc(-c4cc(NC(=O)c5ccnc(C(F)(F)F)c5)ccc4C)ccc3c1=O)CCOC2. The number of amides is 1. The summed E-state index contributed by atoms with van der Waals surface area (Å²) in [5, 5.41) is 3.00. The number of carbonyl (C=O) groups excluding carboxylic acids is 2. The van der Waals surface area contributed by atoms with Crippen LogP contribution in [0.25, 0.3) is 22.0 Å². The van der Waals surface area contributed by atoms with Gasteiger partial charge in [0.25, 0.3) is 5.91 Å². The second-order valence-electron chi connectivity index (χ2n) is 9.22. The number of pyridine rings is 2. The standard InChI is InChI=1S/C29H24F3N3O5/c1-3-40-28(38)25-23-15-39-11-10-35(23)22-12-17(5-7-20(22)26(25)36)21-14-19(6-4-16(21)2)34-27(37)18-8-9-33-24(13-18)29(30,31)32/h4-9,12-14H,3,10-11,15H2,1-2H3,(H,34,37). The summed E-state index contributed by atoms with van der Waals surface area (Å²) in [6.45, 7) is 4.61. The average molecular weight is 552 g/mol. The monoisotopic (exact) mass is 551 g/mol. The molecule has 3 heterocycles. The molecule has 0 atom stereocenters. The summed E-state index contributed by atoms with van der Waals surface area (Å²) in [5.41, 5.74) is 2.00. The zero-order chi connectivity index (χ0) is 28.6. The smallest absolute Gasteiger partial charge is 0.433 e. The molecule has 206 valence electrons. The molecule has 0 fully saturated rings. The number of hydrogen-bond donors (Lipinski definition) is 1. The van der Waals surface area contributed by atoms with Crippen LogP contribution in [0.2, 0.25) is 0 Å². The predicted molar refractivity (Wildman–Crippen MR) is 141 cm³/mol. The van der Waals surface area contributed by atoms with Crippen molar-refractivity contribution in [2.24, 2.45) is 0 Å². The maximum atomic E-state index is 13.3. The van der Waals surface area contributed by atoms with Crippen molar-refractivity contribution in [1.29, 1.82) is 0 Å². The number of halogens is 3. The van der Waals surface area contributed by atoms with Gasteiger partial charge in [-0.2, -0.15) is 13.2 Å². The largest absolute Gasteiger partial charge is 0.462 e. The van der Waals surface area contributed by atoms with Crippen molar-refractivity contribution >= 4 is 28.5 Å². The van der Waals surface area contributed by atoms with Crippen molar-refractivity contribution < 1.29 is 32.2 Å². The molecule has 0 spiro atoms. The Labute approximate surface area is 226 Å². The maximum absolute atomic E-state index is 13.3. The van der Waals surface area contributed by atoms with Gasteiger partial charge in [0.1, 0.15) is 11.3 Å². The highest BCUT2D eigenvalue weighted by molar-refractivity contribution is 6.04. The number of rotatable bonds is 5. The first-order valence-electron chi connectivity index (χ1n) is 12.5. The summed E-state index contributed by atoms with van der Waals surface area (Å²) < 4.78 is 51.7. The van der Waals surface area contributed by atoms with Crippen LogP contribution in [-0.4, -0.2) is 34.6 Å². The van der Waals surface area contributed by atoms with E-state index in [1.165, 1.54) is 6.07 Å². The maximum Gasteiger partial charge on any atom is 0.433 e. The molecule has 11 heteroatoms. The molecular formula is C29H24F3N3O5. The summed E-state index contributed by atoms with van der Waals surface area (Å²) in [6, 6.07) is 12.3. The summed E-state index contributed by atoms with van der Waals surface area (Å²) >= 11 is 0. The van der Waals surface area contributed by atoms with Crippen LogP contribution in [0.1, 0.15) is 44.6 Å². The summed E-state index contributed by atoms with van der Waals surface area (Å²) in [6.07, 6.45) is -3.73. The Hall–Kier alpha value is -4.51. The first-order valence-corrected chi connectivity index (χ1v) is 12.5. The quantitative estimate of drug-likeness (QED) is 0.336. The Morgan fingerprint density at radius 2 is 1.93 bits per heavy atom. The van der Waals surface area contributed by atoms with E-state index >= 15 is 0 Å². The summed E-state index contributed by atoms with van der Waals surface area (Å²) in [4.78, 5) is 42.0. The molecule has 4 aromatic rings. The lowest BCUT2D eigenvalue weighted by molar-refractivity contribution is -0.141. The van der Waals surface area contributed by atoms with Crippen LogP contribution in [0.4, 0.5) is 18.9 Å². The Kier molecular flexibility index (Phi) is 7.16. The van der Waals surface area contributed by atoms with Gasteiger partial charge in [-0.15, -0.1) is 0 Å². The second-order valence-corrected chi connectivity index (χ2v) is 9.22. The molecule has 1 amide bonds. The Morgan fingerprint density at radius 3 is 2.67 bits per heavy atom. The van der Waals surface area contributed by atoms with Crippen LogP contribution in [0.15, 0.2) is 59.5 Å². The topological polar surface area (TPSA) is 99.5 Å². The minimum Gasteiger partial charge on any atom is -0.462 e. The molecule has 0 unspecified atom stereocenters. The number of nitrogens with one attached hydrogen (secondary N) is 1. The second kappa shape index (κ2) is 10.6. The molecule has 1 N–H and O–H groups in total. The van der Waals surface area contributed by atoms with Gasteiger partial charge in [-0.05, 0) is 66.9 Å². The molecule has 0 saturated carbocycles. The zero-order valence-electron chi connectivity index (χ0n) is 21.6. The lowest BCUT2D eigenvalue weighted by Crippen LogP contribution is -2.29. The molecule has 40 heavy (non-hydrogen) atoms. The average Bonchev–Trinajstić information content (AvgIpc) is 2.94. The molecule has 5 rings (SSSR count). The predicted octanol–water partition coefficient (Wildman–Crippen LogP) is 5.35. The van der Waals surface area contributed by atoms with E-state index in [1.54, 1.807) is 37.3 Å². The lowest BCUT2D eigenvalue weighted by Gasteiger charge is -2.24. The van der Waals surface area contributed by atoms with Crippen LogP contribution < -0.4 is 10.7 Å². The van der Waals surface area contributed by atoms with E-state index in [4.69, 9.17) is 9.47 Å². The third-order valence-electron chi connectivity index (χ3n) is 6.67. The van der Waals surface area contributed by atoms with Crippen LogP contribution in [0.5, 0.6) is 0 Å². The number of carbonyl (C=O) groups is 2. The minimum absolute atomic E-state index is 0.0347. The van der Waals surface area contributed by atoms with Gasteiger partial charge in [0, 0.05) is 29.4 Å². The van der Waals surface area contributed by atoms with Crippen molar-refractivity contribution in [2.75, 3.05) is 18.5 Å². The van der Waals surface area contributed by atoms with Gasteiger partial charge in [0.05, 0.1) is 31.0 Å². The van der Waals surface area contributed by atoms with E-state index in [2.05, 4.69) is 10.3 Å². The van der Waals surface area contributed by atoms with E-state index in [9.17, 15) is 27.6 Å². The van der Waals surface area contributed by atoms with Crippen LogP contribution in [-0.2, 0) is 28.8 Å². The van der Waals surface area contributed by atoms with Gasteiger partial charge in [0.15, 0.2) is 0 Å². The van der Waals surface area contributed by atoms with Crippen LogP contribution in [0.3, 0.4) is 0 Å². The zero-order valence-corrected chi connectivity index (χ0v) is 21.6. The number of ether oxygens (including phenoxy) is 2. The summed E-state index contributed by atoms with van der Waals surface area (Å²) in [7, 11) is 0. The first kappa shape index (κ1) is 27.1. The number of aryl methyl sites for hydroxylation is 1. The van der Waals surface area contributed by atoms with Crippen molar-refractivity contribution in [2.45, 2.75) is 33.2 Å². The van der Waals surface area contributed by atoms with Gasteiger partial charge in [-0.1, -0.05) is 12.1 Å². The molecule has 0 aliphatic carbocycles. The molecule has 2 aromatic carbocycles. The number of anilines is 1. The van der Waals surface area contributed by atoms with E-state index in [-0.39, 0.29) is 24.3 Å². The number of nitrogens with zero attached hydrogens (tertiary/aromatic N) is 2. The number of esters is 1. The number of fused-ring (bicyclic) bond motifs is 3. The van der Waals surface area contributed by atoms with Crippen LogP contribution in [0, 0.1) is 6.92 Å². The fraction of sp³-hybridized carbons (Fsp3) is 0.241. The third kappa shape index (κ3) is 5.07. The number of benzene rings is 2. The molecular weight excluding hydrogens is 527 g/mol. The molecule has 0 saturated heterocycles. The first-order chi connectivity index (χ1) is 19.1. The van der Waals surface area contributed by atoms with Gasteiger partial charge in [-0.25, -0.2) is 4.79 Å². The Bertz CT molecular complexity index is 1710. The van der Waals surface area contributed by atoms with Crippen molar-refractivity contribution in [3.8, 4) is 11.1 Å². The van der Waals surface area contributed by atoms with E-state index < -0.39 is 29.2 Å². The number of alkyl halides is 3. The fourth-order valence-electron chi connectivity index (χ4n) is 4.75. The molecule has 1 aliphatic heterocycles. The molecule has 0 radical (unpaired) electrons. The van der Waals surface area contributed by atoms with E-state index in [1.807, 2.05) is 17.6 Å². The van der Waals surface area contributed by atoms with Gasteiger partial charge >= 0.3 is 12.1 Å². The highest BCUT2D eigenvalue weighted by Gasteiger charge is 2.33. The molecule has 8 nitrogen and oxygen atoms in total. The van der Waals surface area contributed by atoms with Gasteiger partial charge in [0.2, 0.25) is 5.43 Å². The van der Waals surface area contributed by atoms with Crippen LogP contribution >= 0.6 is 0 Å². The normalized spacial score (nSPS) is 13.1. The van der Waals surface area contributed by atoms with Crippen molar-refractivity contribution in [3.63, 3.8) is 0 Å². The molecule has 1 aliphatic rings. The highest BCUT2D eigenvalue weighted by Crippen LogP contribution is 2.31. The van der Waals surface area contributed by atoms with Gasteiger partial charge < -0.3 is 19.4 Å². The number of aromatic nitrogens is 2. The van der Waals surface area contributed by atoms with Gasteiger partial charge in [-0.3, -0.25) is 14.6 Å². The number of hydrogen-bond acceptors (Lipinski definition) is 6. The summed E-state index contributed by atoms with van der Waals surface area (Å²) in [5.74, 6) is -1.41. The van der Waals surface area contributed by atoms with E-state index in [0.29, 0.717) is 41.5 Å². The van der Waals surface area contributed by atoms with E-state index in [0.717, 1.165) is 22.9 Å². The van der Waals surface area contributed by atoms with Crippen molar-refractivity contribution in [1.82, 2.24) is 9.55 Å². The third-order valence-corrected chi connectivity index (χ3v) is 6.67. The van der Waals surface area contributed by atoms with Crippen molar-refractivity contribution in [3.05, 3.63) is 93.0 Å². The Balaban J connectivity index is 1.54. The minimum atomic E-state index is -4.67. The lowest BCUT2D eigenvalue weighted by atomic mass is 9.97. The Morgan fingerprint density at radius 1 is 1.12 bits per heavy atom. The molecule has 0 bridgehead atoms. The fourth-order valence-corrected chi connectivity index (χ4v) is 4.75.